The molecule has 0 aliphatic carbocycles. The number of hydrogen-bond donors (Lipinski definition) is 3. The number of nitrogens with one attached hydrogen (secondary N) is 3. The maximum Gasteiger partial charge on any atom is 0.261 e. The van der Waals surface area contributed by atoms with Crippen LogP contribution in [0.25, 0.3) is 0 Å². The second-order valence-corrected chi connectivity index (χ2v) is 8.12. The lowest BCUT2D eigenvalue weighted by molar-refractivity contribution is -0.114. The zero-order chi connectivity index (χ0) is 22.6. The Kier molecular flexibility index (Phi) is 6.30. The fourth-order valence-corrected chi connectivity index (χ4v) is 3.71. The Balaban J connectivity index is 1.75. The Morgan fingerprint density at radius 1 is 0.806 bits per heavy atom. The average Bonchev–Trinajstić information content (AvgIpc) is 2.70. The van der Waals surface area contributed by atoms with Crippen molar-refractivity contribution in [3.8, 4) is 0 Å². The fraction of sp³-hybridized carbons (Fsp3) is 0.0476. The number of carbonyl (C=O) groups excluding carboxylic acids is 2. The molecule has 10 heteroatoms. The molecule has 3 N–H and O–H groups in total. The number of hydrogen-bond acceptors (Lipinski definition) is 4. The summed E-state index contributed by atoms with van der Waals surface area (Å²) in [6.07, 6.45) is 0. The molecule has 0 spiro atoms. The van der Waals surface area contributed by atoms with Gasteiger partial charge in [-0.2, -0.15) is 0 Å². The van der Waals surface area contributed by atoms with Gasteiger partial charge >= 0.3 is 0 Å². The van der Waals surface area contributed by atoms with Crippen LogP contribution < -0.4 is 15.4 Å². The minimum atomic E-state index is -4.13. The zero-order valence-corrected chi connectivity index (χ0v) is 17.0. The molecule has 0 bridgehead atoms. The highest BCUT2D eigenvalue weighted by Crippen LogP contribution is 2.23. The third kappa shape index (κ3) is 5.43. The molecule has 0 heterocycles. The van der Waals surface area contributed by atoms with Crippen molar-refractivity contribution < 1.29 is 26.8 Å². The average molecular weight is 445 g/mol. The largest absolute Gasteiger partial charge is 0.326 e. The molecule has 0 unspecified atom stereocenters. The summed E-state index contributed by atoms with van der Waals surface area (Å²) in [6, 6.07) is 14.0. The van der Waals surface area contributed by atoms with Gasteiger partial charge in [-0.3, -0.25) is 14.3 Å². The fourth-order valence-electron chi connectivity index (χ4n) is 2.64. The molecule has 7 nitrogen and oxygen atoms in total. The molecule has 160 valence electrons. The summed E-state index contributed by atoms with van der Waals surface area (Å²) < 4.78 is 55.5. The van der Waals surface area contributed by atoms with Crippen LogP contribution in [0.5, 0.6) is 0 Å². The molecular weight excluding hydrogens is 428 g/mol. The molecule has 0 aliphatic rings. The number of amides is 2. The summed E-state index contributed by atoms with van der Waals surface area (Å²) in [6.45, 7) is 1.34. The summed E-state index contributed by atoms with van der Waals surface area (Å²) in [7, 11) is -4.13. The highest BCUT2D eigenvalue weighted by atomic mass is 32.2. The summed E-state index contributed by atoms with van der Waals surface area (Å²) in [5.74, 6) is -2.92. The molecule has 2 amide bonds. The van der Waals surface area contributed by atoms with E-state index in [1.165, 1.54) is 49.4 Å². The van der Waals surface area contributed by atoms with E-state index < -0.39 is 27.6 Å². The molecule has 0 radical (unpaired) electrons. The van der Waals surface area contributed by atoms with Gasteiger partial charge < -0.3 is 10.6 Å². The molecule has 3 rings (SSSR count). The lowest BCUT2D eigenvalue weighted by atomic mass is 10.2. The first kappa shape index (κ1) is 21.9. The van der Waals surface area contributed by atoms with Gasteiger partial charge in [-0.25, -0.2) is 17.2 Å². The van der Waals surface area contributed by atoms with E-state index in [1.54, 1.807) is 0 Å². The van der Waals surface area contributed by atoms with Gasteiger partial charge in [0.2, 0.25) is 5.91 Å². The van der Waals surface area contributed by atoms with E-state index in [0.717, 1.165) is 24.3 Å². The van der Waals surface area contributed by atoms with Crippen molar-refractivity contribution in [1.29, 1.82) is 0 Å². The first-order chi connectivity index (χ1) is 14.7. The number of carbonyl (C=O) groups is 2. The van der Waals surface area contributed by atoms with Crippen LogP contribution in [-0.2, 0) is 14.8 Å². The van der Waals surface area contributed by atoms with Gasteiger partial charge in [0, 0.05) is 18.3 Å². The van der Waals surface area contributed by atoms with Gasteiger partial charge in [0.15, 0.2) is 0 Å². The van der Waals surface area contributed by atoms with Crippen LogP contribution in [0.4, 0.5) is 25.8 Å². The smallest absolute Gasteiger partial charge is 0.261 e. The topological polar surface area (TPSA) is 104 Å². The quantitative estimate of drug-likeness (QED) is 0.534. The first-order valence-corrected chi connectivity index (χ1v) is 10.4. The van der Waals surface area contributed by atoms with E-state index in [0.29, 0.717) is 5.69 Å². The van der Waals surface area contributed by atoms with Crippen LogP contribution >= 0.6 is 0 Å². The molecule has 0 fully saturated rings. The number of rotatable bonds is 6. The highest BCUT2D eigenvalue weighted by Gasteiger charge is 2.18. The Bertz CT molecular complexity index is 1250. The molecule has 0 saturated carbocycles. The van der Waals surface area contributed by atoms with Crippen molar-refractivity contribution in [3.05, 3.63) is 83.9 Å². The summed E-state index contributed by atoms with van der Waals surface area (Å²) in [5, 5.41) is 4.76. The predicted molar refractivity (Wildman–Crippen MR) is 112 cm³/mol. The van der Waals surface area contributed by atoms with E-state index in [9.17, 15) is 26.8 Å². The van der Waals surface area contributed by atoms with Crippen LogP contribution in [0.3, 0.4) is 0 Å². The van der Waals surface area contributed by atoms with Crippen LogP contribution in [0.1, 0.15) is 17.3 Å². The summed E-state index contributed by atoms with van der Waals surface area (Å²) >= 11 is 0. The van der Waals surface area contributed by atoms with Crippen LogP contribution in [-0.4, -0.2) is 20.2 Å². The van der Waals surface area contributed by atoms with Crippen LogP contribution in [0.2, 0.25) is 0 Å². The second kappa shape index (κ2) is 8.92. The Labute approximate surface area is 177 Å². The lowest BCUT2D eigenvalue weighted by Crippen LogP contribution is -2.16. The van der Waals surface area contributed by atoms with E-state index in [1.807, 2.05) is 0 Å². The maximum absolute atomic E-state index is 14.4. The van der Waals surface area contributed by atoms with Gasteiger partial charge in [0.1, 0.15) is 11.6 Å². The number of benzene rings is 3. The molecule has 0 aromatic heterocycles. The molecule has 3 aromatic carbocycles. The molecule has 3 aromatic rings. The highest BCUT2D eigenvalue weighted by molar-refractivity contribution is 7.92. The van der Waals surface area contributed by atoms with Crippen LogP contribution in [0, 0.1) is 11.6 Å². The molecule has 0 atom stereocenters. The number of anilines is 3. The zero-order valence-electron chi connectivity index (χ0n) is 16.1. The molecular formula is C21H17F2N3O4S. The molecule has 0 aliphatic heterocycles. The van der Waals surface area contributed by atoms with Crippen molar-refractivity contribution in [2.24, 2.45) is 0 Å². The molecule has 31 heavy (non-hydrogen) atoms. The van der Waals surface area contributed by atoms with E-state index in [2.05, 4.69) is 15.4 Å². The second-order valence-electron chi connectivity index (χ2n) is 6.44. The van der Waals surface area contributed by atoms with Gasteiger partial charge in [0.25, 0.3) is 15.9 Å². The van der Waals surface area contributed by atoms with Crippen molar-refractivity contribution >= 4 is 38.9 Å². The summed E-state index contributed by atoms with van der Waals surface area (Å²) in [5.41, 5.74) is 0.109. The third-order valence-corrected chi connectivity index (χ3v) is 5.45. The molecule has 0 saturated heterocycles. The van der Waals surface area contributed by atoms with Crippen LogP contribution in [0.15, 0.2) is 71.6 Å². The first-order valence-electron chi connectivity index (χ1n) is 8.91. The number of halogens is 2. The Hall–Kier alpha value is -3.79. The van der Waals surface area contributed by atoms with Crippen molar-refractivity contribution in [2.75, 3.05) is 15.4 Å². The summed E-state index contributed by atoms with van der Waals surface area (Å²) in [4.78, 5) is 22.8. The van der Waals surface area contributed by atoms with Gasteiger partial charge in [-0.15, -0.1) is 0 Å². The maximum atomic E-state index is 14.4. The van der Waals surface area contributed by atoms with Gasteiger partial charge in [-0.05, 0) is 54.6 Å². The van der Waals surface area contributed by atoms with Crippen molar-refractivity contribution in [2.45, 2.75) is 11.8 Å². The Morgan fingerprint density at radius 2 is 1.45 bits per heavy atom. The van der Waals surface area contributed by atoms with E-state index in [-0.39, 0.29) is 27.7 Å². The lowest BCUT2D eigenvalue weighted by Gasteiger charge is -2.11. The normalized spacial score (nSPS) is 10.9. The monoisotopic (exact) mass is 445 g/mol. The minimum absolute atomic E-state index is 0.200. The minimum Gasteiger partial charge on any atom is -0.326 e. The predicted octanol–water partition coefficient (Wildman–Crippen LogP) is 3.98. The Morgan fingerprint density at radius 3 is 2.06 bits per heavy atom. The van der Waals surface area contributed by atoms with Gasteiger partial charge in [-0.1, -0.05) is 12.1 Å². The van der Waals surface area contributed by atoms with Crippen molar-refractivity contribution in [1.82, 2.24) is 0 Å². The van der Waals surface area contributed by atoms with Crippen molar-refractivity contribution in [3.63, 3.8) is 0 Å². The van der Waals surface area contributed by atoms with E-state index >= 15 is 0 Å². The SMILES string of the molecule is CC(=O)Nc1ccc(NS(=O)(=O)c2ccc(NC(=O)c3ccccc3F)c(F)c2)cc1. The van der Waals surface area contributed by atoms with Gasteiger partial charge in [0.05, 0.1) is 16.1 Å². The van der Waals surface area contributed by atoms with E-state index in [4.69, 9.17) is 0 Å². The third-order valence-electron chi connectivity index (χ3n) is 4.08. The standard InChI is InChI=1S/C21H17F2N3O4S/c1-13(27)24-14-6-8-15(9-7-14)26-31(29,30)16-10-11-20(19(23)12-16)25-21(28)17-4-2-3-5-18(17)22/h2-12,26H,1H3,(H,24,27)(H,25,28). The number of sulfonamides is 1.